The molecule has 0 unspecified atom stereocenters. The molecule has 0 amide bonds. The van der Waals surface area contributed by atoms with Gasteiger partial charge < -0.3 is 8.98 Å². The second-order valence-electron chi connectivity index (χ2n) is 6.99. The van der Waals surface area contributed by atoms with Gasteiger partial charge in [-0.1, -0.05) is 36.0 Å². The van der Waals surface area contributed by atoms with Crippen LogP contribution in [-0.2, 0) is 12.8 Å². The van der Waals surface area contributed by atoms with Crippen molar-refractivity contribution in [2.45, 2.75) is 31.7 Å². The fraction of sp³-hybridized carbons (Fsp3) is 0.227. The Labute approximate surface area is 167 Å². The number of fused-ring (bicyclic) bond motifs is 1. The van der Waals surface area contributed by atoms with Crippen LogP contribution in [0.25, 0.3) is 22.4 Å². The molecule has 0 radical (unpaired) electrons. The Morgan fingerprint density at radius 3 is 2.54 bits per heavy atom. The van der Waals surface area contributed by atoms with Crippen molar-refractivity contribution in [3.8, 4) is 11.4 Å². The first-order chi connectivity index (χ1) is 13.4. The van der Waals surface area contributed by atoms with Gasteiger partial charge in [0.15, 0.2) is 11.0 Å². The van der Waals surface area contributed by atoms with Crippen LogP contribution < -0.4 is 5.63 Å². The lowest BCUT2D eigenvalue weighted by molar-refractivity contribution is 0.559. The van der Waals surface area contributed by atoms with E-state index in [0.717, 1.165) is 38.6 Å². The first kappa shape index (κ1) is 18.5. The maximum Gasteiger partial charge on any atom is 0.336 e. The highest BCUT2D eigenvalue weighted by Gasteiger charge is 2.14. The van der Waals surface area contributed by atoms with E-state index in [-0.39, 0.29) is 5.63 Å². The predicted molar refractivity (Wildman–Crippen MR) is 113 cm³/mol. The smallest absolute Gasteiger partial charge is 0.336 e. The van der Waals surface area contributed by atoms with Gasteiger partial charge in [0.1, 0.15) is 5.58 Å². The molecule has 0 aliphatic heterocycles. The second-order valence-corrected chi connectivity index (χ2v) is 7.93. The van der Waals surface area contributed by atoms with Crippen molar-refractivity contribution in [2.75, 3.05) is 0 Å². The lowest BCUT2D eigenvalue weighted by atomic mass is 10.0. The van der Waals surface area contributed by atoms with Gasteiger partial charge in [0.2, 0.25) is 0 Å². The van der Waals surface area contributed by atoms with Crippen molar-refractivity contribution in [3.05, 3.63) is 75.1 Å². The van der Waals surface area contributed by atoms with Crippen molar-refractivity contribution >= 4 is 22.7 Å². The molecule has 0 saturated heterocycles. The molecule has 5 nitrogen and oxygen atoms in total. The Morgan fingerprint density at radius 1 is 1.00 bits per heavy atom. The third-order valence-electron chi connectivity index (χ3n) is 5.02. The Bertz CT molecular complexity index is 1240. The summed E-state index contributed by atoms with van der Waals surface area (Å²) in [6.07, 6.45) is 0. The molecule has 0 aliphatic rings. The van der Waals surface area contributed by atoms with Crippen molar-refractivity contribution in [1.29, 1.82) is 0 Å². The van der Waals surface area contributed by atoms with Gasteiger partial charge in [-0.2, -0.15) is 0 Å². The summed E-state index contributed by atoms with van der Waals surface area (Å²) in [6.45, 7) is 6.15. The van der Waals surface area contributed by atoms with Crippen molar-refractivity contribution in [3.63, 3.8) is 0 Å². The third-order valence-corrected chi connectivity index (χ3v) is 6.09. The Balaban J connectivity index is 1.67. The summed E-state index contributed by atoms with van der Waals surface area (Å²) >= 11 is 1.56. The van der Waals surface area contributed by atoms with Gasteiger partial charge in [0.25, 0.3) is 0 Å². The number of thioether (sulfide) groups is 1. The molecule has 28 heavy (non-hydrogen) atoms. The number of hydrogen-bond acceptors (Lipinski definition) is 5. The zero-order valence-corrected chi connectivity index (χ0v) is 17.1. The molecule has 0 spiro atoms. The van der Waals surface area contributed by atoms with Gasteiger partial charge in [0.05, 0.1) is 0 Å². The number of hydrogen-bond donors (Lipinski definition) is 0. The van der Waals surface area contributed by atoms with E-state index >= 15 is 0 Å². The van der Waals surface area contributed by atoms with Crippen LogP contribution in [0.2, 0.25) is 0 Å². The average Bonchev–Trinajstić information content (AvgIpc) is 3.02. The van der Waals surface area contributed by atoms with E-state index in [9.17, 15) is 4.79 Å². The zero-order chi connectivity index (χ0) is 19.8. The van der Waals surface area contributed by atoms with Crippen LogP contribution in [0.15, 0.2) is 56.8 Å². The molecular weight excluding hydrogens is 370 g/mol. The summed E-state index contributed by atoms with van der Waals surface area (Å²) in [5.74, 6) is 1.45. The summed E-state index contributed by atoms with van der Waals surface area (Å²) in [7, 11) is 1.97. The van der Waals surface area contributed by atoms with Crippen molar-refractivity contribution in [2.24, 2.45) is 7.05 Å². The lowest BCUT2D eigenvalue weighted by Gasteiger charge is -2.09. The Hall–Kier alpha value is -2.86. The first-order valence-electron chi connectivity index (χ1n) is 9.06. The monoisotopic (exact) mass is 391 g/mol. The summed E-state index contributed by atoms with van der Waals surface area (Å²) < 4.78 is 7.39. The summed E-state index contributed by atoms with van der Waals surface area (Å²) in [5, 5.41) is 10.5. The van der Waals surface area contributed by atoms with E-state index in [0.29, 0.717) is 11.3 Å². The van der Waals surface area contributed by atoms with Crippen LogP contribution in [0.3, 0.4) is 0 Å². The summed E-state index contributed by atoms with van der Waals surface area (Å²) in [5.41, 5.74) is 5.76. The van der Waals surface area contributed by atoms with Gasteiger partial charge >= 0.3 is 5.63 Å². The maximum absolute atomic E-state index is 12.0. The molecule has 0 atom stereocenters. The molecule has 0 bridgehead atoms. The fourth-order valence-electron chi connectivity index (χ4n) is 3.24. The molecule has 4 aromatic rings. The van der Waals surface area contributed by atoms with E-state index in [4.69, 9.17) is 4.42 Å². The normalized spacial score (nSPS) is 11.3. The minimum atomic E-state index is -0.329. The second kappa shape index (κ2) is 7.28. The molecule has 2 aromatic carbocycles. The molecule has 2 aromatic heterocycles. The van der Waals surface area contributed by atoms with E-state index < -0.39 is 0 Å². The molecule has 0 aliphatic carbocycles. The summed E-state index contributed by atoms with van der Waals surface area (Å²) in [6, 6.07) is 13.7. The highest BCUT2D eigenvalue weighted by Crippen LogP contribution is 2.29. The lowest BCUT2D eigenvalue weighted by Crippen LogP contribution is -2.01. The predicted octanol–water partition coefficient (Wildman–Crippen LogP) is 4.81. The average molecular weight is 391 g/mol. The van der Waals surface area contributed by atoms with Crippen molar-refractivity contribution < 1.29 is 4.42 Å². The van der Waals surface area contributed by atoms with E-state index in [2.05, 4.69) is 42.2 Å². The van der Waals surface area contributed by atoms with Gasteiger partial charge in [-0.05, 0) is 55.2 Å². The van der Waals surface area contributed by atoms with E-state index in [1.165, 1.54) is 5.56 Å². The van der Waals surface area contributed by atoms with Crippen LogP contribution in [-0.4, -0.2) is 14.8 Å². The van der Waals surface area contributed by atoms with Crippen LogP contribution in [0.5, 0.6) is 0 Å². The summed E-state index contributed by atoms with van der Waals surface area (Å²) in [4.78, 5) is 12.0. The molecule has 4 rings (SSSR count). The largest absolute Gasteiger partial charge is 0.423 e. The van der Waals surface area contributed by atoms with Gasteiger partial charge in [-0.15, -0.1) is 10.2 Å². The molecule has 0 fully saturated rings. The number of benzene rings is 2. The molecule has 0 N–H and O–H groups in total. The van der Waals surface area contributed by atoms with Crippen LogP contribution in [0.4, 0.5) is 0 Å². The van der Waals surface area contributed by atoms with Gasteiger partial charge in [-0.25, -0.2) is 4.79 Å². The third kappa shape index (κ3) is 3.36. The first-order valence-corrected chi connectivity index (χ1v) is 10.0. The fourth-order valence-corrected chi connectivity index (χ4v) is 4.15. The number of nitrogens with zero attached hydrogens (tertiary/aromatic N) is 3. The number of rotatable bonds is 4. The van der Waals surface area contributed by atoms with Gasteiger partial charge in [0, 0.05) is 29.8 Å². The number of aromatic nitrogens is 3. The molecule has 6 heteroatoms. The van der Waals surface area contributed by atoms with E-state index in [1.54, 1.807) is 17.8 Å². The maximum atomic E-state index is 12.0. The molecule has 0 saturated carbocycles. The molecule has 2 heterocycles. The topological polar surface area (TPSA) is 60.9 Å². The highest BCUT2D eigenvalue weighted by atomic mass is 32.2. The van der Waals surface area contributed by atoms with Gasteiger partial charge in [-0.3, -0.25) is 0 Å². The highest BCUT2D eigenvalue weighted by molar-refractivity contribution is 7.98. The van der Waals surface area contributed by atoms with Crippen LogP contribution >= 0.6 is 11.8 Å². The zero-order valence-electron chi connectivity index (χ0n) is 16.3. The van der Waals surface area contributed by atoms with E-state index in [1.807, 2.05) is 36.7 Å². The van der Waals surface area contributed by atoms with Crippen molar-refractivity contribution in [1.82, 2.24) is 14.8 Å². The Kier molecular flexibility index (Phi) is 4.81. The standard InChI is InChI=1S/C22H21N3O2S/c1-13-7-5-6-8-17(13)21-23-24-22(25(21)4)28-12-16-11-20(26)27-19-10-15(3)14(2)9-18(16)19/h5-11H,12H2,1-4H3. The minimum Gasteiger partial charge on any atom is -0.423 e. The number of aryl methyl sites for hydroxylation is 3. The van der Waals surface area contributed by atoms with Crippen LogP contribution in [0, 0.1) is 20.8 Å². The van der Waals surface area contributed by atoms with Crippen LogP contribution in [0.1, 0.15) is 22.3 Å². The molecular formula is C22H21N3O2S. The quantitative estimate of drug-likeness (QED) is 0.369. The SMILES string of the molecule is Cc1cc2oc(=O)cc(CSc3nnc(-c4ccccc4C)n3C)c2cc1C. The Morgan fingerprint density at radius 2 is 1.75 bits per heavy atom. The minimum absolute atomic E-state index is 0.329. The molecule has 142 valence electrons.